The fourth-order valence-corrected chi connectivity index (χ4v) is 7.31. The molecule has 0 amide bonds. The van der Waals surface area contributed by atoms with Gasteiger partial charge in [0, 0.05) is 32.6 Å². The molecular formula is C23H31F3O11S. The van der Waals surface area contributed by atoms with Crippen LogP contribution < -0.4 is 0 Å². The van der Waals surface area contributed by atoms with Crippen LogP contribution in [-0.2, 0) is 52.4 Å². The van der Waals surface area contributed by atoms with Crippen molar-refractivity contribution in [3.05, 3.63) is 0 Å². The van der Waals surface area contributed by atoms with Gasteiger partial charge in [-0.1, -0.05) is 20.8 Å². The SMILES string of the molecule is CC(=O)O[C@@H]1[C@@H](OC(C)=O)[C@H](OS(=O)(=O)C(F)(F)F)[C@@H]2OC3(C[C@H]4CC[C@]3(C)C4(C)C)O[C@@H]2[C@H]1OC(C)=O. The molecule has 3 saturated carbocycles. The van der Waals surface area contributed by atoms with Gasteiger partial charge in [0.25, 0.3) is 0 Å². The van der Waals surface area contributed by atoms with Crippen LogP contribution in [0.25, 0.3) is 0 Å². The molecule has 0 aromatic rings. The van der Waals surface area contributed by atoms with E-state index in [2.05, 4.69) is 4.18 Å². The Kier molecular flexibility index (Phi) is 6.90. The van der Waals surface area contributed by atoms with Crippen molar-refractivity contribution in [1.29, 1.82) is 0 Å². The molecule has 9 atom stereocenters. The average Bonchev–Trinajstić information content (AvgIpc) is 3.28. The highest BCUT2D eigenvalue weighted by Crippen LogP contribution is 2.73. The fraction of sp³-hybridized carbons (Fsp3) is 0.870. The van der Waals surface area contributed by atoms with E-state index in [0.717, 1.165) is 27.2 Å². The number of fused-ring (bicyclic) bond motifs is 4. The van der Waals surface area contributed by atoms with Gasteiger partial charge < -0.3 is 23.7 Å². The summed E-state index contributed by atoms with van der Waals surface area (Å²) in [6.07, 6.45) is -8.64. The van der Waals surface area contributed by atoms with Crippen LogP contribution in [0.2, 0.25) is 0 Å². The summed E-state index contributed by atoms with van der Waals surface area (Å²) in [4.78, 5) is 36.1. The van der Waals surface area contributed by atoms with Gasteiger partial charge in [-0.2, -0.15) is 21.6 Å². The second-order valence-electron chi connectivity index (χ2n) is 11.1. The highest BCUT2D eigenvalue weighted by atomic mass is 32.2. The summed E-state index contributed by atoms with van der Waals surface area (Å²) in [5.41, 5.74) is -6.84. The predicted octanol–water partition coefficient (Wildman–Crippen LogP) is 2.36. The number of halogens is 3. The normalized spacial score (nSPS) is 41.6. The minimum atomic E-state index is -6.26. The van der Waals surface area contributed by atoms with Gasteiger partial charge in [0.15, 0.2) is 24.1 Å². The molecule has 3 aliphatic carbocycles. The van der Waals surface area contributed by atoms with Crippen molar-refractivity contribution in [2.24, 2.45) is 16.7 Å². The Morgan fingerprint density at radius 2 is 1.26 bits per heavy atom. The van der Waals surface area contributed by atoms with Crippen molar-refractivity contribution in [3.63, 3.8) is 0 Å². The Hall–Kier alpha value is -1.97. The van der Waals surface area contributed by atoms with Gasteiger partial charge >= 0.3 is 33.5 Å². The summed E-state index contributed by atoms with van der Waals surface area (Å²) in [7, 11) is -6.26. The van der Waals surface area contributed by atoms with Crippen molar-refractivity contribution in [3.8, 4) is 0 Å². The van der Waals surface area contributed by atoms with E-state index in [4.69, 9.17) is 23.7 Å². The molecule has 0 aromatic carbocycles. The zero-order chi connectivity index (χ0) is 28.6. The summed E-state index contributed by atoms with van der Waals surface area (Å²) in [5.74, 6) is -4.19. The minimum Gasteiger partial charge on any atom is -0.456 e. The van der Waals surface area contributed by atoms with E-state index in [1.165, 1.54) is 0 Å². The van der Waals surface area contributed by atoms with Crippen LogP contribution in [0.15, 0.2) is 0 Å². The molecule has 38 heavy (non-hydrogen) atoms. The van der Waals surface area contributed by atoms with Crippen molar-refractivity contribution >= 4 is 28.0 Å². The molecule has 1 saturated heterocycles. The average molecular weight is 573 g/mol. The van der Waals surface area contributed by atoms with Gasteiger partial charge in [-0.15, -0.1) is 0 Å². The number of hydrogen-bond acceptors (Lipinski definition) is 11. The summed E-state index contributed by atoms with van der Waals surface area (Å²) in [6, 6.07) is 0. The first kappa shape index (κ1) is 29.0. The molecule has 1 unspecified atom stereocenters. The summed E-state index contributed by atoms with van der Waals surface area (Å²) < 4.78 is 97.8. The fourth-order valence-electron chi connectivity index (χ4n) is 6.69. The van der Waals surface area contributed by atoms with Gasteiger partial charge in [0.05, 0.1) is 0 Å². The molecular weight excluding hydrogens is 541 g/mol. The Morgan fingerprint density at radius 3 is 1.66 bits per heavy atom. The maximum Gasteiger partial charge on any atom is 0.523 e. The van der Waals surface area contributed by atoms with Crippen LogP contribution in [0.4, 0.5) is 13.2 Å². The largest absolute Gasteiger partial charge is 0.523 e. The third kappa shape index (κ3) is 4.29. The van der Waals surface area contributed by atoms with Crippen molar-refractivity contribution in [2.45, 2.75) is 109 Å². The van der Waals surface area contributed by atoms with E-state index in [1.807, 2.05) is 20.8 Å². The van der Waals surface area contributed by atoms with E-state index in [1.54, 1.807) is 0 Å². The maximum absolute atomic E-state index is 13.4. The molecule has 216 valence electrons. The molecule has 4 rings (SSSR count). The Morgan fingerprint density at radius 1 is 0.816 bits per heavy atom. The number of alkyl halides is 3. The maximum atomic E-state index is 13.4. The topological polar surface area (TPSA) is 141 Å². The van der Waals surface area contributed by atoms with Gasteiger partial charge in [-0.3, -0.25) is 18.6 Å². The Balaban J connectivity index is 1.86. The monoisotopic (exact) mass is 572 g/mol. The molecule has 1 aliphatic heterocycles. The van der Waals surface area contributed by atoms with Gasteiger partial charge in [0.2, 0.25) is 0 Å². The smallest absolute Gasteiger partial charge is 0.456 e. The molecule has 4 aliphatic rings. The summed E-state index contributed by atoms with van der Waals surface area (Å²) in [6.45, 7) is 8.88. The highest BCUT2D eigenvalue weighted by molar-refractivity contribution is 7.87. The molecule has 0 aromatic heterocycles. The quantitative estimate of drug-likeness (QED) is 0.207. The first-order valence-corrected chi connectivity index (χ1v) is 13.5. The predicted molar refractivity (Wildman–Crippen MR) is 118 cm³/mol. The first-order chi connectivity index (χ1) is 17.3. The number of esters is 3. The lowest BCUT2D eigenvalue weighted by Crippen LogP contribution is -2.66. The lowest BCUT2D eigenvalue weighted by molar-refractivity contribution is -0.257. The van der Waals surface area contributed by atoms with Crippen LogP contribution in [0.3, 0.4) is 0 Å². The first-order valence-electron chi connectivity index (χ1n) is 12.1. The second kappa shape index (κ2) is 9.03. The molecule has 1 heterocycles. The van der Waals surface area contributed by atoms with Crippen molar-refractivity contribution in [1.82, 2.24) is 0 Å². The third-order valence-corrected chi connectivity index (χ3v) is 9.86. The minimum absolute atomic E-state index is 0.103. The standard InChI is InChI=1S/C23H31F3O11S/c1-10(27)32-14-15(33-11(2)28)17-18(19(16(14)34-12(3)29)37-38(30,31)23(24,25)26)36-22(35-17)9-13-7-8-21(22,6)20(13,4)5/h13-19H,7-9H2,1-6H3/t13-,14+,15+,16-,17-,18-,19+,21-,22?/m1/s1. The van der Waals surface area contributed by atoms with E-state index in [0.29, 0.717) is 12.8 Å². The van der Waals surface area contributed by atoms with Crippen molar-refractivity contribution in [2.75, 3.05) is 0 Å². The molecule has 0 N–H and O–H groups in total. The number of ether oxygens (including phenoxy) is 5. The van der Waals surface area contributed by atoms with Crippen molar-refractivity contribution < 1.29 is 63.8 Å². The van der Waals surface area contributed by atoms with Gasteiger partial charge in [0.1, 0.15) is 18.3 Å². The summed E-state index contributed by atoms with van der Waals surface area (Å²) in [5, 5.41) is 0. The molecule has 0 radical (unpaired) electrons. The summed E-state index contributed by atoms with van der Waals surface area (Å²) >= 11 is 0. The lowest BCUT2D eigenvalue weighted by atomic mass is 9.68. The van der Waals surface area contributed by atoms with Crippen LogP contribution in [0.1, 0.15) is 60.8 Å². The zero-order valence-electron chi connectivity index (χ0n) is 21.7. The van der Waals surface area contributed by atoms with Crippen LogP contribution in [0.5, 0.6) is 0 Å². The molecule has 2 bridgehead atoms. The Labute approximate surface area is 217 Å². The van der Waals surface area contributed by atoms with E-state index in [9.17, 15) is 36.0 Å². The van der Waals surface area contributed by atoms with E-state index < -0.39 is 81.4 Å². The Bertz CT molecular complexity index is 1120. The van der Waals surface area contributed by atoms with Gasteiger partial charge in [-0.25, -0.2) is 0 Å². The number of rotatable bonds is 5. The zero-order valence-corrected chi connectivity index (χ0v) is 22.5. The van der Waals surface area contributed by atoms with E-state index in [-0.39, 0.29) is 11.3 Å². The van der Waals surface area contributed by atoms with Crippen LogP contribution in [0, 0.1) is 16.7 Å². The highest BCUT2D eigenvalue weighted by Gasteiger charge is 2.77. The second-order valence-corrected chi connectivity index (χ2v) is 12.7. The number of carbonyl (C=O) groups excluding carboxylic acids is 3. The van der Waals surface area contributed by atoms with Gasteiger partial charge in [-0.05, 0) is 24.2 Å². The number of hydrogen-bond donors (Lipinski definition) is 0. The molecule has 4 fully saturated rings. The lowest BCUT2D eigenvalue weighted by Gasteiger charge is -2.45. The van der Waals surface area contributed by atoms with E-state index >= 15 is 0 Å². The third-order valence-electron chi connectivity index (χ3n) is 8.81. The van der Waals surface area contributed by atoms with Crippen LogP contribution >= 0.6 is 0 Å². The number of carbonyl (C=O) groups is 3. The molecule has 1 spiro atoms. The molecule has 11 nitrogen and oxygen atoms in total. The molecule has 15 heteroatoms. The van der Waals surface area contributed by atoms with Crippen LogP contribution in [-0.4, -0.2) is 74.2 Å².